The lowest BCUT2D eigenvalue weighted by Gasteiger charge is -2.22. The summed E-state index contributed by atoms with van der Waals surface area (Å²) in [6, 6.07) is 0. The smallest absolute Gasteiger partial charge is 0.243 e. The molecule has 1 aliphatic rings. The predicted molar refractivity (Wildman–Crippen MR) is 80.0 cm³/mol. The number of ether oxygens (including phenoxy) is 1. The molecule has 1 rings (SSSR count). The Morgan fingerprint density at radius 2 is 1.80 bits per heavy atom. The van der Waals surface area contributed by atoms with E-state index in [1.165, 1.54) is 38.5 Å². The van der Waals surface area contributed by atoms with Crippen molar-refractivity contribution in [1.29, 1.82) is 0 Å². The molecule has 0 aromatic heterocycles. The van der Waals surface area contributed by atoms with Crippen LogP contribution in [0.3, 0.4) is 0 Å². The van der Waals surface area contributed by atoms with Gasteiger partial charge in [-0.3, -0.25) is 4.79 Å². The Balaban J connectivity index is 1.84. The summed E-state index contributed by atoms with van der Waals surface area (Å²) in [6.07, 6.45) is 13.4. The van der Waals surface area contributed by atoms with E-state index in [0.29, 0.717) is 6.42 Å². The van der Waals surface area contributed by atoms with Gasteiger partial charge >= 0.3 is 0 Å². The average molecular weight is 285 g/mol. The maximum Gasteiger partial charge on any atom is 0.243 e. The van der Waals surface area contributed by atoms with E-state index in [1.807, 2.05) is 0 Å². The Morgan fingerprint density at radius 1 is 1.10 bits per heavy atom. The standard InChI is InChI=1S/C16H31NO3/c1-2-3-4-5-6-7-8-9-12-15(18)17-20-16-13-10-11-14-19-16/h16H,2-14H2,1H3,(H,17,18). The highest BCUT2D eigenvalue weighted by molar-refractivity contribution is 5.74. The molecule has 4 nitrogen and oxygen atoms in total. The Bertz CT molecular complexity index is 240. The summed E-state index contributed by atoms with van der Waals surface area (Å²) in [4.78, 5) is 16.8. The van der Waals surface area contributed by atoms with Gasteiger partial charge in [0.25, 0.3) is 0 Å². The van der Waals surface area contributed by atoms with Gasteiger partial charge in [-0.25, -0.2) is 10.3 Å². The van der Waals surface area contributed by atoms with Crippen LogP contribution in [-0.2, 0) is 14.4 Å². The van der Waals surface area contributed by atoms with Gasteiger partial charge in [0.15, 0.2) is 6.29 Å². The zero-order valence-corrected chi connectivity index (χ0v) is 13.0. The first-order valence-electron chi connectivity index (χ1n) is 8.39. The van der Waals surface area contributed by atoms with E-state index in [0.717, 1.165) is 38.7 Å². The Kier molecular flexibility index (Phi) is 10.6. The molecule has 1 aliphatic heterocycles. The third-order valence-electron chi connectivity index (χ3n) is 3.70. The molecule has 0 aliphatic carbocycles. The molecule has 0 spiro atoms. The van der Waals surface area contributed by atoms with Crippen LogP contribution in [0.5, 0.6) is 0 Å². The van der Waals surface area contributed by atoms with Crippen molar-refractivity contribution >= 4 is 5.91 Å². The van der Waals surface area contributed by atoms with Crippen molar-refractivity contribution < 1.29 is 14.4 Å². The van der Waals surface area contributed by atoms with Crippen LogP contribution >= 0.6 is 0 Å². The number of carbonyl (C=O) groups is 1. The summed E-state index contributed by atoms with van der Waals surface area (Å²) in [5, 5.41) is 0. The highest BCUT2D eigenvalue weighted by Crippen LogP contribution is 2.13. The number of hydroxylamine groups is 1. The van der Waals surface area contributed by atoms with Crippen LogP contribution in [0.1, 0.15) is 84.0 Å². The summed E-state index contributed by atoms with van der Waals surface area (Å²) in [5.74, 6) is -0.0230. The SMILES string of the molecule is CCCCCCCCCCC(=O)NOC1CCCCO1. The minimum absolute atomic E-state index is 0.0230. The third kappa shape index (κ3) is 9.32. The molecule has 0 bridgehead atoms. The summed E-state index contributed by atoms with van der Waals surface area (Å²) >= 11 is 0. The van der Waals surface area contributed by atoms with E-state index in [4.69, 9.17) is 9.57 Å². The van der Waals surface area contributed by atoms with Crippen molar-refractivity contribution in [3.05, 3.63) is 0 Å². The van der Waals surface area contributed by atoms with E-state index < -0.39 is 0 Å². The fraction of sp³-hybridized carbons (Fsp3) is 0.938. The summed E-state index contributed by atoms with van der Waals surface area (Å²) in [5.41, 5.74) is 2.51. The molecule has 0 aromatic carbocycles. The van der Waals surface area contributed by atoms with Crippen molar-refractivity contribution in [3.8, 4) is 0 Å². The van der Waals surface area contributed by atoms with Gasteiger partial charge in [0, 0.05) is 19.4 Å². The average Bonchev–Trinajstić information content (AvgIpc) is 2.49. The van der Waals surface area contributed by atoms with Crippen LogP contribution in [0, 0.1) is 0 Å². The van der Waals surface area contributed by atoms with Crippen molar-refractivity contribution in [3.63, 3.8) is 0 Å². The number of carbonyl (C=O) groups excluding carboxylic acids is 1. The molecule has 1 N–H and O–H groups in total. The molecule has 1 fully saturated rings. The Hall–Kier alpha value is -0.610. The summed E-state index contributed by atoms with van der Waals surface area (Å²) in [6.45, 7) is 2.97. The summed E-state index contributed by atoms with van der Waals surface area (Å²) in [7, 11) is 0. The zero-order chi connectivity index (χ0) is 14.5. The lowest BCUT2D eigenvalue weighted by molar-refractivity contribution is -0.200. The molecule has 20 heavy (non-hydrogen) atoms. The van der Waals surface area contributed by atoms with Crippen molar-refractivity contribution in [1.82, 2.24) is 5.48 Å². The summed E-state index contributed by atoms with van der Waals surface area (Å²) < 4.78 is 5.38. The lowest BCUT2D eigenvalue weighted by atomic mass is 10.1. The quantitative estimate of drug-likeness (QED) is 0.459. The van der Waals surface area contributed by atoms with Crippen molar-refractivity contribution in [2.45, 2.75) is 90.3 Å². The second kappa shape index (κ2) is 12.2. The maximum atomic E-state index is 11.6. The van der Waals surface area contributed by atoms with Gasteiger partial charge in [-0.2, -0.15) is 0 Å². The minimum atomic E-state index is -0.244. The number of nitrogens with one attached hydrogen (secondary N) is 1. The lowest BCUT2D eigenvalue weighted by Crippen LogP contribution is -2.32. The van der Waals surface area contributed by atoms with E-state index in [-0.39, 0.29) is 12.2 Å². The number of rotatable bonds is 11. The second-order valence-electron chi connectivity index (χ2n) is 5.66. The van der Waals surface area contributed by atoms with Crippen molar-refractivity contribution in [2.24, 2.45) is 0 Å². The van der Waals surface area contributed by atoms with Crippen LogP contribution in [0.25, 0.3) is 0 Å². The minimum Gasteiger partial charge on any atom is -0.350 e. The zero-order valence-electron chi connectivity index (χ0n) is 13.0. The molecule has 0 radical (unpaired) electrons. The number of unbranched alkanes of at least 4 members (excludes halogenated alkanes) is 7. The van der Waals surface area contributed by atoms with Crippen LogP contribution in [-0.4, -0.2) is 18.8 Å². The molecule has 1 unspecified atom stereocenters. The van der Waals surface area contributed by atoms with E-state index >= 15 is 0 Å². The van der Waals surface area contributed by atoms with Crippen LogP contribution in [0.2, 0.25) is 0 Å². The molecule has 1 atom stereocenters. The van der Waals surface area contributed by atoms with Gasteiger partial charge < -0.3 is 4.74 Å². The first-order valence-corrected chi connectivity index (χ1v) is 8.39. The molecule has 0 saturated carbocycles. The van der Waals surface area contributed by atoms with Crippen LogP contribution in [0.4, 0.5) is 0 Å². The third-order valence-corrected chi connectivity index (χ3v) is 3.70. The van der Waals surface area contributed by atoms with E-state index in [2.05, 4.69) is 12.4 Å². The van der Waals surface area contributed by atoms with Crippen LogP contribution < -0.4 is 5.48 Å². The Morgan fingerprint density at radius 3 is 2.45 bits per heavy atom. The number of hydrogen-bond donors (Lipinski definition) is 1. The Labute approximate surface area is 123 Å². The normalized spacial score (nSPS) is 18.9. The van der Waals surface area contributed by atoms with E-state index in [9.17, 15) is 4.79 Å². The molecule has 0 aromatic rings. The largest absolute Gasteiger partial charge is 0.350 e. The first-order chi connectivity index (χ1) is 9.83. The van der Waals surface area contributed by atoms with Crippen molar-refractivity contribution in [2.75, 3.05) is 6.61 Å². The first kappa shape index (κ1) is 17.4. The second-order valence-corrected chi connectivity index (χ2v) is 5.66. The molecule has 118 valence electrons. The molecular weight excluding hydrogens is 254 g/mol. The molecule has 1 heterocycles. The van der Waals surface area contributed by atoms with Gasteiger partial charge in [0.05, 0.1) is 0 Å². The van der Waals surface area contributed by atoms with Gasteiger partial charge in [0.1, 0.15) is 0 Å². The highest BCUT2D eigenvalue weighted by Gasteiger charge is 2.15. The highest BCUT2D eigenvalue weighted by atomic mass is 16.8. The maximum absolute atomic E-state index is 11.6. The molecule has 1 amide bonds. The van der Waals surface area contributed by atoms with Gasteiger partial charge in [-0.05, 0) is 19.3 Å². The van der Waals surface area contributed by atoms with Gasteiger partial charge in [0.2, 0.25) is 5.91 Å². The number of amides is 1. The molecular formula is C16H31NO3. The predicted octanol–water partition coefficient (Wildman–Crippen LogP) is 4.09. The molecule has 4 heteroatoms. The topological polar surface area (TPSA) is 47.6 Å². The van der Waals surface area contributed by atoms with E-state index in [1.54, 1.807) is 0 Å². The molecule has 1 saturated heterocycles. The van der Waals surface area contributed by atoms with Crippen LogP contribution in [0.15, 0.2) is 0 Å². The van der Waals surface area contributed by atoms with Gasteiger partial charge in [-0.15, -0.1) is 0 Å². The number of hydrogen-bond acceptors (Lipinski definition) is 3. The van der Waals surface area contributed by atoms with Gasteiger partial charge in [-0.1, -0.05) is 51.9 Å². The fourth-order valence-electron chi connectivity index (χ4n) is 2.41. The monoisotopic (exact) mass is 285 g/mol. The fourth-order valence-corrected chi connectivity index (χ4v) is 2.41.